The van der Waals surface area contributed by atoms with Crippen molar-refractivity contribution < 1.29 is 19.2 Å². The van der Waals surface area contributed by atoms with Crippen LogP contribution in [0.4, 0.5) is 5.69 Å². The first-order valence-electron chi connectivity index (χ1n) is 8.12. The van der Waals surface area contributed by atoms with E-state index in [0.29, 0.717) is 0 Å². The number of methoxy groups -OCH3 is 2. The molecule has 0 saturated carbocycles. The fraction of sp³-hybridized carbons (Fsp3) is 0.222. The van der Waals surface area contributed by atoms with E-state index in [4.69, 9.17) is 9.47 Å². The van der Waals surface area contributed by atoms with Crippen LogP contribution < -0.4 is 14.8 Å². The number of carbonyl (C=O) groups is 1. The molecule has 0 saturated heterocycles. The zero-order valence-electron chi connectivity index (χ0n) is 15.3. The summed E-state index contributed by atoms with van der Waals surface area (Å²) in [4.78, 5) is 29.7. The molecule has 0 bridgehead atoms. The average Bonchev–Trinajstić information content (AvgIpc) is 3.33. The highest BCUT2D eigenvalue weighted by molar-refractivity contribution is 7.16. The number of hydrogen-bond acceptors (Lipinski definition) is 8. The fourth-order valence-electron chi connectivity index (χ4n) is 2.55. The van der Waals surface area contributed by atoms with Gasteiger partial charge in [0, 0.05) is 16.3 Å². The number of nitro benzene ring substituents is 1. The van der Waals surface area contributed by atoms with Gasteiger partial charge in [0.1, 0.15) is 5.56 Å². The molecule has 0 atom stereocenters. The normalized spacial score (nSPS) is 10.5. The third kappa shape index (κ3) is 4.12. The van der Waals surface area contributed by atoms with Crippen molar-refractivity contribution in [2.45, 2.75) is 13.5 Å². The van der Waals surface area contributed by atoms with Crippen molar-refractivity contribution in [2.24, 2.45) is 0 Å². The number of benzene rings is 1. The van der Waals surface area contributed by atoms with Gasteiger partial charge in [-0.2, -0.15) is 0 Å². The summed E-state index contributed by atoms with van der Waals surface area (Å²) in [5.74, 6) is -0.130. The standard InChI is InChI=1S/C18H17N3O5S2/c1-10-20-13(9-27-10)17-5-4-11(28-17)8-19-18(22)12-6-15(25-2)16(26-3)7-14(12)21(23)24/h4-7,9H,8H2,1-3H3,(H,19,22). The molecule has 0 aliphatic rings. The van der Waals surface area contributed by atoms with E-state index in [1.165, 1.54) is 37.7 Å². The molecule has 2 aromatic heterocycles. The smallest absolute Gasteiger partial charge is 0.286 e. The van der Waals surface area contributed by atoms with Crippen LogP contribution in [0.1, 0.15) is 20.2 Å². The summed E-state index contributed by atoms with van der Waals surface area (Å²) < 4.78 is 10.2. The molecule has 146 valence electrons. The number of nitrogens with zero attached hydrogens (tertiary/aromatic N) is 2. The van der Waals surface area contributed by atoms with Crippen molar-refractivity contribution in [3.63, 3.8) is 0 Å². The van der Waals surface area contributed by atoms with Gasteiger partial charge in [0.2, 0.25) is 0 Å². The van der Waals surface area contributed by atoms with Gasteiger partial charge < -0.3 is 14.8 Å². The van der Waals surface area contributed by atoms with Crippen molar-refractivity contribution in [1.29, 1.82) is 0 Å². The summed E-state index contributed by atoms with van der Waals surface area (Å²) in [6.07, 6.45) is 0. The number of amides is 1. The van der Waals surface area contributed by atoms with E-state index < -0.39 is 10.8 Å². The largest absolute Gasteiger partial charge is 0.493 e. The molecule has 1 N–H and O–H groups in total. The van der Waals surface area contributed by atoms with Crippen LogP contribution >= 0.6 is 22.7 Å². The van der Waals surface area contributed by atoms with Crippen molar-refractivity contribution in [2.75, 3.05) is 14.2 Å². The van der Waals surface area contributed by atoms with Gasteiger partial charge in [-0.15, -0.1) is 22.7 Å². The molecule has 0 unspecified atom stereocenters. The van der Waals surface area contributed by atoms with Crippen molar-refractivity contribution in [3.8, 4) is 22.1 Å². The predicted octanol–water partition coefficient (Wildman–Crippen LogP) is 4.04. The number of thiophene rings is 1. The minimum Gasteiger partial charge on any atom is -0.493 e. The maximum atomic E-state index is 12.6. The SMILES string of the molecule is COc1cc(C(=O)NCc2ccc(-c3csc(C)n3)s2)c([N+](=O)[O-])cc1OC. The Balaban J connectivity index is 1.78. The Morgan fingerprint density at radius 2 is 1.96 bits per heavy atom. The van der Waals surface area contributed by atoms with Crippen LogP contribution in [0.2, 0.25) is 0 Å². The van der Waals surface area contributed by atoms with Gasteiger partial charge in [-0.05, 0) is 19.1 Å². The van der Waals surface area contributed by atoms with E-state index in [9.17, 15) is 14.9 Å². The molecule has 0 spiro atoms. The third-order valence-electron chi connectivity index (χ3n) is 3.90. The highest BCUT2D eigenvalue weighted by Crippen LogP contribution is 2.34. The molecule has 3 aromatic rings. The minimum absolute atomic E-state index is 0.0884. The molecule has 0 fully saturated rings. The number of aromatic nitrogens is 1. The van der Waals surface area contributed by atoms with Crippen molar-refractivity contribution in [1.82, 2.24) is 10.3 Å². The Morgan fingerprint density at radius 1 is 1.25 bits per heavy atom. The zero-order valence-corrected chi connectivity index (χ0v) is 17.0. The molecule has 1 aromatic carbocycles. The van der Waals surface area contributed by atoms with Gasteiger partial charge in [0.05, 0.1) is 47.3 Å². The first kappa shape index (κ1) is 19.8. The number of carbonyl (C=O) groups excluding carboxylic acids is 1. The molecule has 8 nitrogen and oxygen atoms in total. The lowest BCUT2D eigenvalue weighted by Crippen LogP contribution is -2.23. The van der Waals surface area contributed by atoms with E-state index >= 15 is 0 Å². The lowest BCUT2D eigenvalue weighted by Gasteiger charge is -2.10. The number of aryl methyl sites for hydroxylation is 1. The lowest BCUT2D eigenvalue weighted by molar-refractivity contribution is -0.385. The fourth-order valence-corrected chi connectivity index (χ4v) is 4.15. The van der Waals surface area contributed by atoms with Crippen LogP contribution in [0.15, 0.2) is 29.6 Å². The summed E-state index contributed by atoms with van der Waals surface area (Å²) in [7, 11) is 2.78. The zero-order chi connectivity index (χ0) is 20.3. The monoisotopic (exact) mass is 419 g/mol. The third-order valence-corrected chi connectivity index (χ3v) is 5.78. The molecule has 2 heterocycles. The number of nitrogens with one attached hydrogen (secondary N) is 1. The summed E-state index contributed by atoms with van der Waals surface area (Å²) in [6, 6.07) is 6.34. The lowest BCUT2D eigenvalue weighted by atomic mass is 10.1. The second-order valence-electron chi connectivity index (χ2n) is 5.68. The molecule has 28 heavy (non-hydrogen) atoms. The van der Waals surface area contributed by atoms with Crippen molar-refractivity contribution in [3.05, 3.63) is 55.2 Å². The highest BCUT2D eigenvalue weighted by Gasteiger charge is 2.24. The molecule has 0 aliphatic carbocycles. The Hall–Kier alpha value is -2.98. The number of ether oxygens (including phenoxy) is 2. The maximum absolute atomic E-state index is 12.6. The van der Waals surface area contributed by atoms with Gasteiger partial charge in [-0.3, -0.25) is 14.9 Å². The molecule has 10 heteroatoms. The molecule has 1 amide bonds. The first-order valence-corrected chi connectivity index (χ1v) is 9.82. The van der Waals surface area contributed by atoms with Crippen LogP contribution in [0.3, 0.4) is 0 Å². The summed E-state index contributed by atoms with van der Waals surface area (Å²) in [6.45, 7) is 2.19. The van der Waals surface area contributed by atoms with E-state index in [1.807, 2.05) is 24.4 Å². The molecule has 3 rings (SSSR count). The van der Waals surface area contributed by atoms with E-state index in [1.54, 1.807) is 11.3 Å². The average molecular weight is 419 g/mol. The molecular weight excluding hydrogens is 402 g/mol. The predicted molar refractivity (Wildman–Crippen MR) is 108 cm³/mol. The van der Waals surface area contributed by atoms with Gasteiger partial charge in [-0.25, -0.2) is 4.98 Å². The Labute approximate surface area is 168 Å². The maximum Gasteiger partial charge on any atom is 0.286 e. The van der Waals surface area contributed by atoms with E-state index in [0.717, 1.165) is 20.5 Å². The molecular formula is C18H17N3O5S2. The second-order valence-corrected chi connectivity index (χ2v) is 7.91. The van der Waals surface area contributed by atoms with Gasteiger partial charge in [0.15, 0.2) is 11.5 Å². The molecule has 0 radical (unpaired) electrons. The van der Waals surface area contributed by atoms with Crippen LogP contribution in [0.5, 0.6) is 11.5 Å². The van der Waals surface area contributed by atoms with Gasteiger partial charge >= 0.3 is 0 Å². The quantitative estimate of drug-likeness (QED) is 0.458. The number of hydrogen-bond donors (Lipinski definition) is 1. The van der Waals surface area contributed by atoms with E-state index in [2.05, 4.69) is 10.3 Å². The second kappa shape index (κ2) is 8.36. The minimum atomic E-state index is -0.620. The van der Waals surface area contributed by atoms with Crippen LogP contribution in [-0.2, 0) is 6.54 Å². The summed E-state index contributed by atoms with van der Waals surface area (Å²) in [5, 5.41) is 17.0. The first-order chi connectivity index (χ1) is 13.4. The van der Waals surface area contributed by atoms with Crippen molar-refractivity contribution >= 4 is 34.3 Å². The molecule has 0 aliphatic heterocycles. The Kier molecular flexibility index (Phi) is 5.90. The summed E-state index contributed by atoms with van der Waals surface area (Å²) in [5.41, 5.74) is 0.468. The van der Waals surface area contributed by atoms with Crippen LogP contribution in [0.25, 0.3) is 10.6 Å². The topological polar surface area (TPSA) is 104 Å². The van der Waals surface area contributed by atoms with Gasteiger partial charge in [-0.1, -0.05) is 0 Å². The highest BCUT2D eigenvalue weighted by atomic mass is 32.1. The van der Waals surface area contributed by atoms with Crippen LogP contribution in [-0.4, -0.2) is 30.0 Å². The number of nitro groups is 1. The van der Waals surface area contributed by atoms with Gasteiger partial charge in [0.25, 0.3) is 11.6 Å². The Morgan fingerprint density at radius 3 is 2.57 bits per heavy atom. The van der Waals surface area contributed by atoms with Crippen LogP contribution in [0, 0.1) is 17.0 Å². The Bertz CT molecular complexity index is 1030. The number of rotatable bonds is 7. The van der Waals surface area contributed by atoms with E-state index in [-0.39, 0.29) is 29.3 Å². The number of thiazole rings is 1. The summed E-state index contributed by atoms with van der Waals surface area (Å²) >= 11 is 3.09.